The van der Waals surface area contributed by atoms with Gasteiger partial charge in [-0.2, -0.15) is 0 Å². The first-order chi connectivity index (χ1) is 12.8. The summed E-state index contributed by atoms with van der Waals surface area (Å²) in [5, 5.41) is 2.35. The van der Waals surface area contributed by atoms with Gasteiger partial charge in [-0.25, -0.2) is 18.0 Å². The number of nitrogens with zero attached hydrogens (tertiary/aromatic N) is 1. The second-order valence-corrected chi connectivity index (χ2v) is 6.08. The predicted molar refractivity (Wildman–Crippen MR) is 96.1 cm³/mol. The summed E-state index contributed by atoms with van der Waals surface area (Å²) in [5.41, 5.74) is -0.0521. The van der Waals surface area contributed by atoms with Crippen molar-refractivity contribution in [3.05, 3.63) is 76.0 Å². The van der Waals surface area contributed by atoms with Crippen LogP contribution in [0.4, 0.5) is 23.7 Å². The van der Waals surface area contributed by atoms with Crippen LogP contribution in [0.3, 0.4) is 0 Å². The fourth-order valence-electron chi connectivity index (χ4n) is 2.81. The smallest absolute Gasteiger partial charge is 0.322 e. The number of hydrogen-bond acceptors (Lipinski definition) is 2. The van der Waals surface area contributed by atoms with Gasteiger partial charge in [0, 0.05) is 18.9 Å². The van der Waals surface area contributed by atoms with Crippen LogP contribution in [0.2, 0.25) is 0 Å². The third-order valence-electron chi connectivity index (χ3n) is 4.42. The summed E-state index contributed by atoms with van der Waals surface area (Å²) in [5.74, 6) is -2.86. The molecule has 0 aliphatic carbocycles. The van der Waals surface area contributed by atoms with Gasteiger partial charge in [0.25, 0.3) is 5.56 Å². The molecule has 2 N–H and O–H groups in total. The Morgan fingerprint density at radius 1 is 1.19 bits per heavy atom. The van der Waals surface area contributed by atoms with Crippen LogP contribution in [0.25, 0.3) is 10.8 Å². The minimum Gasteiger partial charge on any atom is -0.328 e. The number of halogens is 3. The van der Waals surface area contributed by atoms with Crippen molar-refractivity contribution in [1.82, 2.24) is 9.88 Å². The van der Waals surface area contributed by atoms with Crippen LogP contribution in [0, 0.1) is 17.5 Å². The maximum absolute atomic E-state index is 14.1. The molecule has 1 heterocycles. The minimum atomic E-state index is -1.24. The first-order valence-corrected chi connectivity index (χ1v) is 8.08. The molecule has 2 amide bonds. The number of nitrogens with one attached hydrogen (secondary N) is 2. The van der Waals surface area contributed by atoms with Gasteiger partial charge in [-0.15, -0.1) is 0 Å². The van der Waals surface area contributed by atoms with Crippen molar-refractivity contribution in [2.24, 2.45) is 0 Å². The van der Waals surface area contributed by atoms with E-state index in [0.29, 0.717) is 5.56 Å². The number of anilines is 1. The lowest BCUT2D eigenvalue weighted by atomic mass is 10.0. The van der Waals surface area contributed by atoms with Gasteiger partial charge >= 0.3 is 6.03 Å². The molecule has 140 valence electrons. The molecule has 0 spiro atoms. The lowest BCUT2D eigenvalue weighted by Crippen LogP contribution is -2.34. The van der Waals surface area contributed by atoms with Crippen molar-refractivity contribution in [3.63, 3.8) is 0 Å². The fourth-order valence-corrected chi connectivity index (χ4v) is 2.81. The highest BCUT2D eigenvalue weighted by Gasteiger charge is 2.22. The molecule has 0 fully saturated rings. The van der Waals surface area contributed by atoms with Crippen molar-refractivity contribution >= 4 is 22.5 Å². The molecule has 0 aliphatic rings. The summed E-state index contributed by atoms with van der Waals surface area (Å²) in [7, 11) is 1.50. The van der Waals surface area contributed by atoms with Crippen LogP contribution < -0.4 is 10.9 Å². The number of aromatic amines is 1. The topological polar surface area (TPSA) is 65.2 Å². The SMILES string of the molecule is C[C@H](c1c[nH]c(=O)c2c(F)c(F)ccc12)N(C)C(=O)Nc1cccc(F)c1. The fraction of sp³-hybridized carbons (Fsp3) is 0.158. The van der Waals surface area contributed by atoms with E-state index in [2.05, 4.69) is 10.3 Å². The number of amides is 2. The molecule has 27 heavy (non-hydrogen) atoms. The molecule has 8 heteroatoms. The average Bonchev–Trinajstić information content (AvgIpc) is 2.63. The summed E-state index contributed by atoms with van der Waals surface area (Å²) in [6.07, 6.45) is 1.36. The maximum atomic E-state index is 14.1. The molecule has 1 atom stereocenters. The first-order valence-electron chi connectivity index (χ1n) is 8.08. The standard InChI is InChI=1S/C19H16F3N3O2/c1-10(25(2)19(27)24-12-5-3-4-11(20)8-12)14-9-23-18(26)16-13(14)6-7-15(21)17(16)22/h3-10H,1-2H3,(H,23,26)(H,24,27)/t10-/m1/s1. The summed E-state index contributed by atoms with van der Waals surface area (Å²) >= 11 is 0. The number of carbonyl (C=O) groups is 1. The van der Waals surface area contributed by atoms with Crippen LogP contribution in [0.5, 0.6) is 0 Å². The molecular weight excluding hydrogens is 359 g/mol. The summed E-state index contributed by atoms with van der Waals surface area (Å²) in [4.78, 5) is 28.0. The summed E-state index contributed by atoms with van der Waals surface area (Å²) < 4.78 is 40.8. The Morgan fingerprint density at radius 3 is 2.63 bits per heavy atom. The van der Waals surface area contributed by atoms with Crippen molar-refractivity contribution in [2.45, 2.75) is 13.0 Å². The van der Waals surface area contributed by atoms with Gasteiger partial charge in [0.15, 0.2) is 11.6 Å². The number of aromatic nitrogens is 1. The monoisotopic (exact) mass is 375 g/mol. The van der Waals surface area contributed by atoms with Gasteiger partial charge in [0.2, 0.25) is 0 Å². The van der Waals surface area contributed by atoms with E-state index in [1.54, 1.807) is 6.92 Å². The Hall–Kier alpha value is -3.29. The van der Waals surface area contributed by atoms with E-state index >= 15 is 0 Å². The van der Waals surface area contributed by atoms with E-state index < -0.39 is 40.5 Å². The average molecular weight is 375 g/mol. The first kappa shape index (κ1) is 18.5. The van der Waals surface area contributed by atoms with Crippen LogP contribution in [0.15, 0.2) is 47.4 Å². The highest BCUT2D eigenvalue weighted by atomic mass is 19.2. The molecule has 1 aromatic heterocycles. The number of rotatable bonds is 3. The normalized spacial score (nSPS) is 12.0. The van der Waals surface area contributed by atoms with Crippen LogP contribution in [0.1, 0.15) is 18.5 Å². The zero-order valence-corrected chi connectivity index (χ0v) is 14.5. The Morgan fingerprint density at radius 2 is 1.93 bits per heavy atom. The van der Waals surface area contributed by atoms with Gasteiger partial charge in [-0.05, 0) is 42.1 Å². The van der Waals surface area contributed by atoms with Crippen LogP contribution >= 0.6 is 0 Å². The number of fused-ring (bicyclic) bond motifs is 1. The molecule has 0 saturated heterocycles. The summed E-state index contributed by atoms with van der Waals surface area (Å²) in [6.45, 7) is 1.67. The van der Waals surface area contributed by atoms with E-state index in [1.807, 2.05) is 0 Å². The molecule has 3 rings (SSSR count). The lowest BCUT2D eigenvalue weighted by Gasteiger charge is -2.26. The highest BCUT2D eigenvalue weighted by Crippen LogP contribution is 2.27. The molecule has 0 aliphatic heterocycles. The predicted octanol–water partition coefficient (Wildman–Crippen LogP) is 4.17. The van der Waals surface area contributed by atoms with Crippen LogP contribution in [-0.4, -0.2) is 23.0 Å². The number of hydrogen-bond donors (Lipinski definition) is 2. The number of H-pyrrole nitrogens is 1. The van der Waals surface area contributed by atoms with E-state index in [1.165, 1.54) is 48.5 Å². The molecule has 2 aromatic carbocycles. The quantitative estimate of drug-likeness (QED) is 0.722. The van der Waals surface area contributed by atoms with Crippen molar-refractivity contribution in [3.8, 4) is 0 Å². The van der Waals surface area contributed by atoms with E-state index in [4.69, 9.17) is 0 Å². The largest absolute Gasteiger partial charge is 0.328 e. The summed E-state index contributed by atoms with van der Waals surface area (Å²) in [6, 6.07) is 6.52. The molecule has 0 bridgehead atoms. The second-order valence-electron chi connectivity index (χ2n) is 6.08. The number of carbonyl (C=O) groups excluding carboxylic acids is 1. The second kappa shape index (κ2) is 7.14. The Kier molecular flexibility index (Phi) is 4.89. The molecule has 5 nitrogen and oxygen atoms in total. The third-order valence-corrected chi connectivity index (χ3v) is 4.42. The van der Waals surface area contributed by atoms with Crippen molar-refractivity contribution in [2.75, 3.05) is 12.4 Å². The van der Waals surface area contributed by atoms with Crippen molar-refractivity contribution in [1.29, 1.82) is 0 Å². The lowest BCUT2D eigenvalue weighted by molar-refractivity contribution is 0.208. The van der Waals surface area contributed by atoms with E-state index in [0.717, 1.165) is 6.07 Å². The van der Waals surface area contributed by atoms with E-state index in [9.17, 15) is 22.8 Å². The molecular formula is C19H16F3N3O2. The van der Waals surface area contributed by atoms with Gasteiger partial charge in [0.05, 0.1) is 11.4 Å². The van der Waals surface area contributed by atoms with Gasteiger partial charge in [-0.3, -0.25) is 4.79 Å². The third kappa shape index (κ3) is 3.51. The van der Waals surface area contributed by atoms with Gasteiger partial charge in [-0.1, -0.05) is 12.1 Å². The zero-order valence-electron chi connectivity index (χ0n) is 14.5. The Balaban J connectivity index is 1.94. The molecule has 0 saturated carbocycles. The number of benzene rings is 2. The number of pyridine rings is 1. The van der Waals surface area contributed by atoms with Crippen molar-refractivity contribution < 1.29 is 18.0 Å². The molecule has 0 unspecified atom stereocenters. The van der Waals surface area contributed by atoms with Gasteiger partial charge < -0.3 is 15.2 Å². The Bertz CT molecular complexity index is 1080. The van der Waals surface area contributed by atoms with Crippen LogP contribution in [-0.2, 0) is 0 Å². The maximum Gasteiger partial charge on any atom is 0.322 e. The zero-order chi connectivity index (χ0) is 19.7. The number of urea groups is 1. The molecule has 0 radical (unpaired) electrons. The highest BCUT2D eigenvalue weighted by molar-refractivity contribution is 5.90. The van der Waals surface area contributed by atoms with E-state index in [-0.39, 0.29) is 11.1 Å². The Labute approximate surface area is 152 Å². The minimum absolute atomic E-state index is 0.204. The molecule has 3 aromatic rings. The van der Waals surface area contributed by atoms with Gasteiger partial charge in [0.1, 0.15) is 5.82 Å².